The zero-order valence-corrected chi connectivity index (χ0v) is 20.2. The molecule has 170 valence electrons. The van der Waals surface area contributed by atoms with E-state index in [1.54, 1.807) is 24.3 Å². The number of aromatic nitrogens is 2. The smallest absolute Gasteiger partial charge is 0.269 e. The largest absolute Gasteiger partial charge is 0.488 e. The molecular weight excluding hydrogens is 510 g/mol. The second kappa shape index (κ2) is 11.5. The first kappa shape index (κ1) is 24.3. The van der Waals surface area contributed by atoms with Crippen molar-refractivity contribution in [3.05, 3.63) is 85.6 Å². The summed E-state index contributed by atoms with van der Waals surface area (Å²) in [7, 11) is 0. The SMILES string of the molecule is Cc1cc(C)nc(SCC(=O)NN=Cc2cc(Br)ccc2OCc2ccc([N+](=O)[O-])cc2)n1. The predicted octanol–water partition coefficient (Wildman–Crippen LogP) is 4.59. The predicted molar refractivity (Wildman–Crippen MR) is 130 cm³/mol. The van der Waals surface area contributed by atoms with Crippen molar-refractivity contribution in [2.45, 2.75) is 25.6 Å². The van der Waals surface area contributed by atoms with Gasteiger partial charge in [0.15, 0.2) is 5.16 Å². The van der Waals surface area contributed by atoms with Gasteiger partial charge in [-0.3, -0.25) is 14.9 Å². The summed E-state index contributed by atoms with van der Waals surface area (Å²) in [4.78, 5) is 31.0. The standard InChI is InChI=1S/C22H20BrN5O4S/c1-14-9-15(2)26-22(25-14)33-13-21(29)27-24-11-17-10-18(23)5-8-20(17)32-12-16-3-6-19(7-4-16)28(30)31/h3-11H,12-13H2,1-2H3,(H,27,29). The average Bonchev–Trinajstić information content (AvgIpc) is 2.77. The summed E-state index contributed by atoms with van der Waals surface area (Å²) in [5, 5.41) is 15.3. The van der Waals surface area contributed by atoms with Crippen molar-refractivity contribution in [3.63, 3.8) is 0 Å². The first-order valence-electron chi connectivity index (χ1n) is 9.73. The van der Waals surface area contributed by atoms with Crippen molar-refractivity contribution in [1.29, 1.82) is 0 Å². The summed E-state index contributed by atoms with van der Waals surface area (Å²) in [6, 6.07) is 13.4. The Kier molecular flexibility index (Phi) is 8.50. The maximum Gasteiger partial charge on any atom is 0.269 e. The van der Waals surface area contributed by atoms with Crippen LogP contribution >= 0.6 is 27.7 Å². The molecule has 11 heteroatoms. The number of nitro benzene ring substituents is 1. The van der Waals surface area contributed by atoms with Crippen molar-refractivity contribution in [1.82, 2.24) is 15.4 Å². The van der Waals surface area contributed by atoms with Crippen LogP contribution in [0.3, 0.4) is 0 Å². The lowest BCUT2D eigenvalue weighted by Crippen LogP contribution is -2.20. The van der Waals surface area contributed by atoms with Crippen LogP contribution in [0.4, 0.5) is 5.69 Å². The molecule has 1 aromatic heterocycles. The number of nitrogens with zero attached hydrogens (tertiary/aromatic N) is 4. The highest BCUT2D eigenvalue weighted by atomic mass is 79.9. The normalized spacial score (nSPS) is 10.9. The molecule has 0 radical (unpaired) electrons. The number of carbonyl (C=O) groups is 1. The van der Waals surface area contributed by atoms with Gasteiger partial charge in [-0.05, 0) is 55.8 Å². The summed E-state index contributed by atoms with van der Waals surface area (Å²) in [5.74, 6) is 0.386. The summed E-state index contributed by atoms with van der Waals surface area (Å²) in [6.07, 6.45) is 1.49. The highest BCUT2D eigenvalue weighted by Gasteiger charge is 2.08. The molecule has 3 rings (SSSR count). The molecule has 0 unspecified atom stereocenters. The summed E-state index contributed by atoms with van der Waals surface area (Å²) in [6.45, 7) is 3.98. The molecule has 0 fully saturated rings. The molecule has 1 N–H and O–H groups in total. The van der Waals surface area contributed by atoms with E-state index in [2.05, 4.69) is 36.4 Å². The highest BCUT2D eigenvalue weighted by Crippen LogP contribution is 2.23. The van der Waals surface area contributed by atoms with E-state index >= 15 is 0 Å². The maximum atomic E-state index is 12.1. The van der Waals surface area contributed by atoms with Gasteiger partial charge in [0, 0.05) is 33.6 Å². The lowest BCUT2D eigenvalue weighted by Gasteiger charge is -2.10. The van der Waals surface area contributed by atoms with Crippen LogP contribution in [0.5, 0.6) is 5.75 Å². The van der Waals surface area contributed by atoms with Crippen LogP contribution in [0, 0.1) is 24.0 Å². The number of halogens is 1. The van der Waals surface area contributed by atoms with Gasteiger partial charge in [-0.1, -0.05) is 27.7 Å². The van der Waals surface area contributed by atoms with Crippen LogP contribution in [0.2, 0.25) is 0 Å². The van der Waals surface area contributed by atoms with Crippen LogP contribution in [0.15, 0.2) is 63.3 Å². The minimum absolute atomic E-state index is 0.0215. The molecule has 0 aliphatic rings. The summed E-state index contributed by atoms with van der Waals surface area (Å²) < 4.78 is 6.67. The fraction of sp³-hybridized carbons (Fsp3) is 0.182. The number of benzene rings is 2. The molecule has 9 nitrogen and oxygen atoms in total. The van der Waals surface area contributed by atoms with Crippen LogP contribution in [0.25, 0.3) is 0 Å². The zero-order valence-electron chi connectivity index (χ0n) is 17.8. The monoisotopic (exact) mass is 529 g/mol. The molecule has 0 aliphatic heterocycles. The quantitative estimate of drug-likeness (QED) is 0.141. The van der Waals surface area contributed by atoms with Gasteiger partial charge in [-0.2, -0.15) is 5.10 Å². The van der Waals surface area contributed by atoms with E-state index in [0.717, 1.165) is 21.4 Å². The number of hydrazone groups is 1. The number of carbonyl (C=O) groups excluding carboxylic acids is 1. The molecule has 1 amide bonds. The molecule has 0 spiro atoms. The molecule has 2 aromatic carbocycles. The zero-order chi connectivity index (χ0) is 23.8. The third kappa shape index (κ3) is 7.65. The van der Waals surface area contributed by atoms with Crippen LogP contribution < -0.4 is 10.2 Å². The number of non-ortho nitro benzene ring substituents is 1. The number of hydrogen-bond donors (Lipinski definition) is 1. The van der Waals surface area contributed by atoms with Gasteiger partial charge in [0.1, 0.15) is 12.4 Å². The minimum Gasteiger partial charge on any atom is -0.488 e. The molecule has 0 bridgehead atoms. The Morgan fingerprint density at radius 1 is 1.18 bits per heavy atom. The Hall–Kier alpha value is -3.31. The number of aryl methyl sites for hydroxylation is 2. The molecule has 0 aliphatic carbocycles. The van der Waals surface area contributed by atoms with Crippen molar-refractivity contribution >= 4 is 45.5 Å². The summed E-state index contributed by atoms with van der Waals surface area (Å²) in [5.41, 5.74) is 5.63. The third-order valence-electron chi connectivity index (χ3n) is 4.20. The molecule has 33 heavy (non-hydrogen) atoms. The van der Waals surface area contributed by atoms with Crippen molar-refractivity contribution in [2.75, 3.05) is 5.75 Å². The number of nitrogens with one attached hydrogen (secondary N) is 1. The van der Waals surface area contributed by atoms with Crippen molar-refractivity contribution in [2.24, 2.45) is 5.10 Å². The topological polar surface area (TPSA) is 120 Å². The van der Waals surface area contributed by atoms with Gasteiger partial charge in [-0.15, -0.1) is 0 Å². The van der Waals surface area contributed by atoms with E-state index in [-0.39, 0.29) is 24.0 Å². The van der Waals surface area contributed by atoms with E-state index in [1.165, 1.54) is 30.1 Å². The van der Waals surface area contributed by atoms with E-state index in [4.69, 9.17) is 4.74 Å². The molecule has 0 saturated carbocycles. The number of nitro groups is 1. The molecule has 1 heterocycles. The number of ether oxygens (including phenoxy) is 1. The van der Waals surface area contributed by atoms with Gasteiger partial charge >= 0.3 is 0 Å². The number of hydrogen-bond acceptors (Lipinski definition) is 8. The lowest BCUT2D eigenvalue weighted by atomic mass is 10.2. The van der Waals surface area contributed by atoms with Gasteiger partial charge in [0.25, 0.3) is 11.6 Å². The van der Waals surface area contributed by atoms with Gasteiger partial charge in [0.2, 0.25) is 0 Å². The molecule has 0 saturated heterocycles. The van der Waals surface area contributed by atoms with Crippen LogP contribution in [-0.4, -0.2) is 32.8 Å². The van der Waals surface area contributed by atoms with Crippen molar-refractivity contribution < 1.29 is 14.5 Å². The molecule has 0 atom stereocenters. The average molecular weight is 530 g/mol. The second-order valence-electron chi connectivity index (χ2n) is 6.91. The highest BCUT2D eigenvalue weighted by molar-refractivity contribution is 9.10. The van der Waals surface area contributed by atoms with E-state index in [9.17, 15) is 14.9 Å². The Morgan fingerprint density at radius 2 is 1.88 bits per heavy atom. The Balaban J connectivity index is 1.57. The Labute approximate surface area is 203 Å². The Bertz CT molecular complexity index is 1170. The van der Waals surface area contributed by atoms with Crippen molar-refractivity contribution in [3.8, 4) is 5.75 Å². The minimum atomic E-state index is -0.449. The van der Waals surface area contributed by atoms with Crippen LogP contribution in [0.1, 0.15) is 22.5 Å². The van der Waals surface area contributed by atoms with Crippen LogP contribution in [-0.2, 0) is 11.4 Å². The van der Waals surface area contributed by atoms with E-state index in [0.29, 0.717) is 16.5 Å². The fourth-order valence-electron chi connectivity index (χ4n) is 2.72. The fourth-order valence-corrected chi connectivity index (χ4v) is 3.84. The van der Waals surface area contributed by atoms with E-state index in [1.807, 2.05) is 26.0 Å². The van der Waals surface area contributed by atoms with Gasteiger partial charge in [0.05, 0.1) is 16.9 Å². The maximum absolute atomic E-state index is 12.1. The lowest BCUT2D eigenvalue weighted by molar-refractivity contribution is -0.384. The molecular formula is C22H20BrN5O4S. The number of rotatable bonds is 9. The first-order chi connectivity index (χ1) is 15.8. The number of thioether (sulfide) groups is 1. The van der Waals surface area contributed by atoms with Gasteiger partial charge < -0.3 is 4.74 Å². The second-order valence-corrected chi connectivity index (χ2v) is 8.77. The Morgan fingerprint density at radius 3 is 2.55 bits per heavy atom. The van der Waals surface area contributed by atoms with Gasteiger partial charge in [-0.25, -0.2) is 15.4 Å². The molecule has 3 aromatic rings. The first-order valence-corrected chi connectivity index (χ1v) is 11.5. The third-order valence-corrected chi connectivity index (χ3v) is 5.54. The number of amides is 1. The summed E-state index contributed by atoms with van der Waals surface area (Å²) >= 11 is 4.65. The van der Waals surface area contributed by atoms with E-state index < -0.39 is 4.92 Å².